The largest absolute Gasteiger partial charge is 0.368 e. The minimum atomic E-state index is -0.172. The third kappa shape index (κ3) is 3.81. The number of nitrogens with one attached hydrogen (secondary N) is 2. The van der Waals surface area contributed by atoms with E-state index >= 15 is 0 Å². The smallest absolute Gasteiger partial charge is 0.274 e. The third-order valence-electron chi connectivity index (χ3n) is 6.75. The lowest BCUT2D eigenvalue weighted by molar-refractivity contribution is 0.0958. The molecule has 5 rings (SSSR count). The standard InChI is InChI=1S/C25H29N7O2/c1-15-16(2)29-32-22-7-5-18(13-20(22)28-25(34)23(15)32)14-30-9-11-31(12-10-30)21-8-6-19(24(33)26-4)27-17(21)3/h5-8,13H,9-12,14H2,1-4H3,(H,26,33)(H,28,34). The number of H-pyrrole nitrogens is 1. The molecule has 176 valence electrons. The van der Waals surface area contributed by atoms with Gasteiger partial charge in [0.15, 0.2) is 0 Å². The molecule has 9 heteroatoms. The van der Waals surface area contributed by atoms with Crippen molar-refractivity contribution in [3.63, 3.8) is 0 Å². The number of fused-ring (bicyclic) bond motifs is 3. The summed E-state index contributed by atoms with van der Waals surface area (Å²) >= 11 is 0. The molecule has 1 saturated heterocycles. The van der Waals surface area contributed by atoms with Crippen LogP contribution in [-0.4, -0.2) is 63.6 Å². The number of aryl methyl sites for hydroxylation is 3. The highest BCUT2D eigenvalue weighted by atomic mass is 16.1. The highest BCUT2D eigenvalue weighted by Gasteiger charge is 2.20. The molecule has 0 unspecified atom stereocenters. The molecule has 1 fully saturated rings. The maximum Gasteiger partial charge on any atom is 0.274 e. The number of aromatic amines is 1. The van der Waals surface area contributed by atoms with Crippen molar-refractivity contribution in [1.82, 2.24) is 29.8 Å². The van der Waals surface area contributed by atoms with E-state index in [1.165, 1.54) is 0 Å². The number of nitrogens with zero attached hydrogens (tertiary/aromatic N) is 5. The Morgan fingerprint density at radius 2 is 1.82 bits per heavy atom. The summed E-state index contributed by atoms with van der Waals surface area (Å²) in [5.74, 6) is -0.172. The molecule has 0 aliphatic carbocycles. The number of carbonyl (C=O) groups excluding carboxylic acids is 1. The fourth-order valence-electron chi connectivity index (χ4n) is 4.74. The first-order chi connectivity index (χ1) is 16.4. The van der Waals surface area contributed by atoms with E-state index in [1.54, 1.807) is 17.6 Å². The maximum atomic E-state index is 12.6. The van der Waals surface area contributed by atoms with Crippen LogP contribution in [-0.2, 0) is 6.54 Å². The summed E-state index contributed by atoms with van der Waals surface area (Å²) in [4.78, 5) is 36.7. The average Bonchev–Trinajstić information content (AvgIpc) is 3.14. The quantitative estimate of drug-likeness (QED) is 0.485. The van der Waals surface area contributed by atoms with Gasteiger partial charge < -0.3 is 15.2 Å². The molecule has 3 aromatic heterocycles. The maximum absolute atomic E-state index is 12.6. The number of pyridine rings is 1. The Balaban J connectivity index is 1.30. The van der Waals surface area contributed by atoms with E-state index in [1.807, 2.05) is 32.9 Å². The van der Waals surface area contributed by atoms with E-state index in [0.717, 1.165) is 72.0 Å². The molecule has 4 heterocycles. The molecule has 9 nitrogen and oxygen atoms in total. The van der Waals surface area contributed by atoms with Crippen molar-refractivity contribution in [1.29, 1.82) is 0 Å². The van der Waals surface area contributed by atoms with Gasteiger partial charge in [-0.05, 0) is 50.6 Å². The van der Waals surface area contributed by atoms with Gasteiger partial charge in [-0.1, -0.05) is 6.07 Å². The lowest BCUT2D eigenvalue weighted by Crippen LogP contribution is -2.46. The van der Waals surface area contributed by atoms with Gasteiger partial charge in [-0.15, -0.1) is 0 Å². The van der Waals surface area contributed by atoms with E-state index in [4.69, 9.17) is 0 Å². The Morgan fingerprint density at radius 3 is 2.53 bits per heavy atom. The van der Waals surface area contributed by atoms with Crippen molar-refractivity contribution in [2.24, 2.45) is 0 Å². The second-order valence-corrected chi connectivity index (χ2v) is 8.92. The molecule has 0 bridgehead atoms. The van der Waals surface area contributed by atoms with Crippen molar-refractivity contribution in [3.05, 3.63) is 68.9 Å². The molecular weight excluding hydrogens is 430 g/mol. The summed E-state index contributed by atoms with van der Waals surface area (Å²) in [6, 6.07) is 9.98. The average molecular weight is 460 g/mol. The van der Waals surface area contributed by atoms with Crippen LogP contribution in [0.2, 0.25) is 0 Å². The zero-order valence-corrected chi connectivity index (χ0v) is 20.0. The molecule has 1 aliphatic rings. The summed E-state index contributed by atoms with van der Waals surface area (Å²) in [5.41, 5.74) is 7.53. The van der Waals surface area contributed by atoms with Crippen LogP contribution in [0.3, 0.4) is 0 Å². The number of piperazine rings is 1. The van der Waals surface area contributed by atoms with Crippen molar-refractivity contribution in [2.45, 2.75) is 27.3 Å². The summed E-state index contributed by atoms with van der Waals surface area (Å²) in [7, 11) is 1.61. The number of benzene rings is 1. The Kier molecular flexibility index (Phi) is 5.57. The predicted molar refractivity (Wildman–Crippen MR) is 133 cm³/mol. The third-order valence-corrected chi connectivity index (χ3v) is 6.75. The van der Waals surface area contributed by atoms with Gasteiger partial charge in [0.2, 0.25) is 0 Å². The Hall–Kier alpha value is -3.72. The van der Waals surface area contributed by atoms with Gasteiger partial charge in [0.1, 0.15) is 11.2 Å². The van der Waals surface area contributed by atoms with Gasteiger partial charge in [-0.25, -0.2) is 9.50 Å². The van der Waals surface area contributed by atoms with Crippen molar-refractivity contribution in [3.8, 4) is 0 Å². The van der Waals surface area contributed by atoms with Gasteiger partial charge in [0.25, 0.3) is 11.5 Å². The fraction of sp³-hybridized carbons (Fsp3) is 0.360. The molecule has 0 atom stereocenters. The number of rotatable bonds is 4. The monoisotopic (exact) mass is 459 g/mol. The van der Waals surface area contributed by atoms with E-state index in [0.29, 0.717) is 11.2 Å². The highest BCUT2D eigenvalue weighted by molar-refractivity contribution is 5.92. The van der Waals surface area contributed by atoms with Crippen molar-refractivity contribution >= 4 is 28.1 Å². The highest BCUT2D eigenvalue weighted by Crippen LogP contribution is 2.22. The first-order valence-electron chi connectivity index (χ1n) is 11.5. The van der Waals surface area contributed by atoms with E-state index in [-0.39, 0.29) is 11.5 Å². The first kappa shape index (κ1) is 22.1. The molecule has 0 saturated carbocycles. The van der Waals surface area contributed by atoms with Crippen molar-refractivity contribution in [2.75, 3.05) is 38.1 Å². The van der Waals surface area contributed by atoms with Gasteiger partial charge in [0.05, 0.1) is 28.1 Å². The second-order valence-electron chi connectivity index (χ2n) is 8.92. The molecule has 34 heavy (non-hydrogen) atoms. The van der Waals surface area contributed by atoms with E-state index < -0.39 is 0 Å². The zero-order valence-electron chi connectivity index (χ0n) is 20.0. The molecule has 1 amide bonds. The Morgan fingerprint density at radius 1 is 1.06 bits per heavy atom. The number of aromatic nitrogens is 4. The van der Waals surface area contributed by atoms with Crippen LogP contribution in [0, 0.1) is 20.8 Å². The fourth-order valence-corrected chi connectivity index (χ4v) is 4.74. The summed E-state index contributed by atoms with van der Waals surface area (Å²) < 4.78 is 1.76. The van der Waals surface area contributed by atoms with Crippen LogP contribution in [0.15, 0.2) is 35.1 Å². The molecule has 0 spiro atoms. The van der Waals surface area contributed by atoms with Gasteiger partial charge in [-0.3, -0.25) is 14.5 Å². The number of anilines is 1. The molecular formula is C25H29N7O2. The minimum absolute atomic E-state index is 0.109. The zero-order chi connectivity index (χ0) is 24.0. The van der Waals surface area contributed by atoms with Crippen LogP contribution in [0.5, 0.6) is 0 Å². The number of hydrogen-bond donors (Lipinski definition) is 2. The summed E-state index contributed by atoms with van der Waals surface area (Å²) in [6.45, 7) is 10.2. The normalized spacial score (nSPS) is 14.8. The lowest BCUT2D eigenvalue weighted by Gasteiger charge is -2.36. The summed E-state index contributed by atoms with van der Waals surface area (Å²) in [6.07, 6.45) is 0. The van der Waals surface area contributed by atoms with E-state index in [2.05, 4.69) is 42.3 Å². The SMILES string of the molecule is CNC(=O)c1ccc(N2CCN(Cc3ccc4c(c3)[nH]c(=O)c3c(C)c(C)nn34)CC2)c(C)n1. The van der Waals surface area contributed by atoms with E-state index in [9.17, 15) is 9.59 Å². The Bertz CT molecular complexity index is 1460. The molecule has 0 radical (unpaired) electrons. The molecule has 1 aliphatic heterocycles. The molecule has 4 aromatic rings. The number of hydrogen-bond acceptors (Lipinski definition) is 6. The van der Waals surface area contributed by atoms with Crippen LogP contribution < -0.4 is 15.8 Å². The van der Waals surface area contributed by atoms with Crippen molar-refractivity contribution < 1.29 is 4.79 Å². The predicted octanol–water partition coefficient (Wildman–Crippen LogP) is 2.18. The van der Waals surface area contributed by atoms with Crippen LogP contribution in [0.25, 0.3) is 16.6 Å². The Labute approximate surface area is 197 Å². The van der Waals surface area contributed by atoms with Gasteiger partial charge in [-0.2, -0.15) is 5.10 Å². The van der Waals surface area contributed by atoms with Gasteiger partial charge >= 0.3 is 0 Å². The second kappa shape index (κ2) is 8.57. The number of amides is 1. The van der Waals surface area contributed by atoms with Gasteiger partial charge in [0, 0.05) is 45.3 Å². The summed E-state index contributed by atoms with van der Waals surface area (Å²) in [5, 5.41) is 7.18. The lowest BCUT2D eigenvalue weighted by atomic mass is 10.1. The topological polar surface area (TPSA) is 98.6 Å². The minimum Gasteiger partial charge on any atom is -0.368 e. The number of carbonyl (C=O) groups is 1. The van der Waals surface area contributed by atoms with Crippen LogP contribution >= 0.6 is 0 Å². The van der Waals surface area contributed by atoms with Crippen LogP contribution in [0.1, 0.15) is 33.0 Å². The first-order valence-corrected chi connectivity index (χ1v) is 11.5. The van der Waals surface area contributed by atoms with Crippen LogP contribution in [0.4, 0.5) is 5.69 Å². The molecule has 1 aromatic carbocycles. The molecule has 2 N–H and O–H groups in total.